The first-order valence-corrected chi connectivity index (χ1v) is 4.93. The second-order valence-electron chi connectivity index (χ2n) is 3.99. The van der Waals surface area contributed by atoms with Gasteiger partial charge in [0, 0.05) is 12.5 Å². The number of hydrogen-bond donors (Lipinski definition) is 2. The fourth-order valence-electron chi connectivity index (χ4n) is 1.23. The van der Waals surface area contributed by atoms with E-state index < -0.39 is 0 Å². The van der Waals surface area contributed by atoms with Crippen LogP contribution >= 0.6 is 0 Å². The van der Waals surface area contributed by atoms with Crippen molar-refractivity contribution in [1.29, 1.82) is 0 Å². The standard InChI is InChI=1S/C10H20N2O2/c1-5-6-10(2,3)9(14)12-7-8(13)11-4/h5-7H2,1-4H3,(H,11,13)(H,12,14). The van der Waals surface area contributed by atoms with E-state index in [0.29, 0.717) is 0 Å². The second-order valence-corrected chi connectivity index (χ2v) is 3.99. The Morgan fingerprint density at radius 1 is 1.29 bits per heavy atom. The third-order valence-corrected chi connectivity index (χ3v) is 2.18. The summed E-state index contributed by atoms with van der Waals surface area (Å²) in [5, 5.41) is 5.06. The van der Waals surface area contributed by atoms with Crippen molar-refractivity contribution in [3.05, 3.63) is 0 Å². The lowest BCUT2D eigenvalue weighted by Gasteiger charge is -2.22. The summed E-state index contributed by atoms with van der Waals surface area (Å²) < 4.78 is 0. The van der Waals surface area contributed by atoms with Crippen LogP contribution in [-0.2, 0) is 9.59 Å². The molecule has 0 bridgehead atoms. The van der Waals surface area contributed by atoms with Crippen LogP contribution in [0.5, 0.6) is 0 Å². The lowest BCUT2D eigenvalue weighted by molar-refractivity contribution is -0.132. The van der Waals surface area contributed by atoms with Gasteiger partial charge in [0.2, 0.25) is 11.8 Å². The number of rotatable bonds is 5. The number of carbonyl (C=O) groups excluding carboxylic acids is 2. The Hall–Kier alpha value is -1.06. The number of nitrogens with one attached hydrogen (secondary N) is 2. The van der Waals surface area contributed by atoms with Crippen LogP contribution in [-0.4, -0.2) is 25.4 Å². The van der Waals surface area contributed by atoms with Crippen LogP contribution < -0.4 is 10.6 Å². The van der Waals surface area contributed by atoms with Crippen LogP contribution in [0, 0.1) is 5.41 Å². The van der Waals surface area contributed by atoms with E-state index in [9.17, 15) is 9.59 Å². The molecule has 14 heavy (non-hydrogen) atoms. The zero-order chi connectivity index (χ0) is 11.2. The smallest absolute Gasteiger partial charge is 0.239 e. The molecule has 0 saturated heterocycles. The average molecular weight is 200 g/mol. The Labute approximate surface area is 85.4 Å². The van der Waals surface area contributed by atoms with Crippen LogP contribution in [0.1, 0.15) is 33.6 Å². The van der Waals surface area contributed by atoms with Gasteiger partial charge in [0.05, 0.1) is 6.54 Å². The first kappa shape index (κ1) is 12.9. The summed E-state index contributed by atoms with van der Waals surface area (Å²) in [4.78, 5) is 22.5. The van der Waals surface area contributed by atoms with E-state index in [4.69, 9.17) is 0 Å². The van der Waals surface area contributed by atoms with Crippen molar-refractivity contribution in [1.82, 2.24) is 10.6 Å². The van der Waals surface area contributed by atoms with Gasteiger partial charge in [-0.3, -0.25) is 9.59 Å². The molecule has 4 heteroatoms. The molecule has 0 unspecified atom stereocenters. The van der Waals surface area contributed by atoms with E-state index in [-0.39, 0.29) is 23.8 Å². The predicted octanol–water partition coefficient (Wildman–Crippen LogP) is 0.675. The summed E-state index contributed by atoms with van der Waals surface area (Å²) in [7, 11) is 1.55. The van der Waals surface area contributed by atoms with Gasteiger partial charge in [0.25, 0.3) is 0 Å². The van der Waals surface area contributed by atoms with E-state index in [2.05, 4.69) is 10.6 Å². The first-order valence-electron chi connectivity index (χ1n) is 4.93. The molecule has 0 heterocycles. The fourth-order valence-corrected chi connectivity index (χ4v) is 1.23. The molecule has 0 aliphatic heterocycles. The van der Waals surface area contributed by atoms with Gasteiger partial charge in [-0.2, -0.15) is 0 Å². The van der Waals surface area contributed by atoms with Gasteiger partial charge >= 0.3 is 0 Å². The molecule has 0 aliphatic rings. The average Bonchev–Trinajstić information content (AvgIpc) is 2.13. The zero-order valence-electron chi connectivity index (χ0n) is 9.44. The Morgan fingerprint density at radius 2 is 1.86 bits per heavy atom. The molecule has 4 nitrogen and oxygen atoms in total. The van der Waals surface area contributed by atoms with Crippen molar-refractivity contribution in [2.24, 2.45) is 5.41 Å². The molecule has 0 aromatic carbocycles. The van der Waals surface area contributed by atoms with Gasteiger partial charge in [0.1, 0.15) is 0 Å². The van der Waals surface area contributed by atoms with E-state index in [1.54, 1.807) is 7.05 Å². The topological polar surface area (TPSA) is 58.2 Å². The lowest BCUT2D eigenvalue weighted by Crippen LogP contribution is -2.41. The summed E-state index contributed by atoms with van der Waals surface area (Å²) in [6.07, 6.45) is 1.78. The van der Waals surface area contributed by atoms with Crippen molar-refractivity contribution in [2.45, 2.75) is 33.6 Å². The van der Waals surface area contributed by atoms with Gasteiger partial charge in [-0.05, 0) is 6.42 Å². The van der Waals surface area contributed by atoms with Gasteiger partial charge < -0.3 is 10.6 Å². The summed E-state index contributed by atoms with van der Waals surface area (Å²) in [6, 6.07) is 0. The van der Waals surface area contributed by atoms with Crippen LogP contribution in [0.25, 0.3) is 0 Å². The highest BCUT2D eigenvalue weighted by molar-refractivity contribution is 5.87. The van der Waals surface area contributed by atoms with Crippen LogP contribution in [0.2, 0.25) is 0 Å². The minimum atomic E-state index is -0.386. The molecule has 0 saturated carbocycles. The van der Waals surface area contributed by atoms with Crippen LogP contribution in [0.3, 0.4) is 0 Å². The molecule has 0 aromatic heterocycles. The van der Waals surface area contributed by atoms with Crippen LogP contribution in [0.15, 0.2) is 0 Å². The van der Waals surface area contributed by atoms with Crippen molar-refractivity contribution >= 4 is 11.8 Å². The molecule has 0 fully saturated rings. The SMILES string of the molecule is CCCC(C)(C)C(=O)NCC(=O)NC. The van der Waals surface area contributed by atoms with E-state index >= 15 is 0 Å². The molecule has 0 radical (unpaired) electrons. The third kappa shape index (κ3) is 4.25. The fraction of sp³-hybridized carbons (Fsp3) is 0.800. The van der Waals surface area contributed by atoms with Crippen molar-refractivity contribution in [3.8, 4) is 0 Å². The Balaban J connectivity index is 4.01. The number of amides is 2. The van der Waals surface area contributed by atoms with Gasteiger partial charge in [-0.15, -0.1) is 0 Å². The predicted molar refractivity (Wildman–Crippen MR) is 55.8 cm³/mol. The summed E-state index contributed by atoms with van der Waals surface area (Å²) >= 11 is 0. The van der Waals surface area contributed by atoms with Crippen LogP contribution in [0.4, 0.5) is 0 Å². The summed E-state index contributed by atoms with van der Waals surface area (Å²) in [6.45, 7) is 5.86. The minimum absolute atomic E-state index is 0.0580. The largest absolute Gasteiger partial charge is 0.358 e. The lowest BCUT2D eigenvalue weighted by atomic mass is 9.87. The molecule has 0 rings (SSSR count). The third-order valence-electron chi connectivity index (χ3n) is 2.18. The molecule has 2 N–H and O–H groups in total. The molecular weight excluding hydrogens is 180 g/mol. The van der Waals surface area contributed by atoms with Crippen molar-refractivity contribution < 1.29 is 9.59 Å². The second kappa shape index (κ2) is 5.62. The molecule has 2 amide bonds. The summed E-state index contributed by atoms with van der Waals surface area (Å²) in [5.41, 5.74) is -0.386. The van der Waals surface area contributed by atoms with E-state index in [1.807, 2.05) is 20.8 Å². The Bertz CT molecular complexity index is 212. The highest BCUT2D eigenvalue weighted by Crippen LogP contribution is 2.21. The quantitative estimate of drug-likeness (QED) is 0.685. The maximum absolute atomic E-state index is 11.6. The zero-order valence-corrected chi connectivity index (χ0v) is 9.44. The molecule has 0 atom stereocenters. The molecular formula is C10H20N2O2. The Kier molecular flexibility index (Phi) is 5.20. The molecule has 0 aromatic rings. The minimum Gasteiger partial charge on any atom is -0.358 e. The number of hydrogen-bond acceptors (Lipinski definition) is 2. The number of likely N-dealkylation sites (N-methyl/N-ethyl adjacent to an activating group) is 1. The normalized spacial score (nSPS) is 10.9. The molecule has 0 spiro atoms. The molecule has 0 aliphatic carbocycles. The Morgan fingerprint density at radius 3 is 2.29 bits per heavy atom. The number of carbonyl (C=O) groups is 2. The maximum Gasteiger partial charge on any atom is 0.239 e. The molecule has 82 valence electrons. The first-order chi connectivity index (χ1) is 6.44. The highest BCUT2D eigenvalue weighted by atomic mass is 16.2. The maximum atomic E-state index is 11.6. The van der Waals surface area contributed by atoms with Crippen molar-refractivity contribution in [3.63, 3.8) is 0 Å². The van der Waals surface area contributed by atoms with E-state index in [0.717, 1.165) is 12.8 Å². The highest BCUT2D eigenvalue weighted by Gasteiger charge is 2.26. The van der Waals surface area contributed by atoms with Gasteiger partial charge in [-0.1, -0.05) is 27.2 Å². The van der Waals surface area contributed by atoms with Gasteiger partial charge in [-0.25, -0.2) is 0 Å². The summed E-state index contributed by atoms with van der Waals surface area (Å²) in [5.74, 6) is -0.242. The van der Waals surface area contributed by atoms with Crippen molar-refractivity contribution in [2.75, 3.05) is 13.6 Å². The van der Waals surface area contributed by atoms with E-state index in [1.165, 1.54) is 0 Å². The monoisotopic (exact) mass is 200 g/mol. The van der Waals surface area contributed by atoms with Gasteiger partial charge in [0.15, 0.2) is 0 Å².